The van der Waals surface area contributed by atoms with Crippen molar-refractivity contribution in [1.82, 2.24) is 19.9 Å². The number of hydrogen-bond donors (Lipinski definition) is 1. The fraction of sp³-hybridized carbons (Fsp3) is 0.200. The molecule has 0 radical (unpaired) electrons. The summed E-state index contributed by atoms with van der Waals surface area (Å²) in [6.07, 6.45) is 5.40. The fourth-order valence-electron chi connectivity index (χ4n) is 3.38. The lowest BCUT2D eigenvalue weighted by molar-refractivity contribution is 0.0788. The van der Waals surface area contributed by atoms with E-state index in [1.54, 1.807) is 29.4 Å². The lowest BCUT2D eigenvalue weighted by Gasteiger charge is -2.17. The summed E-state index contributed by atoms with van der Waals surface area (Å²) in [6, 6.07) is 11.2. The third-order valence-electron chi connectivity index (χ3n) is 4.80. The second-order valence-corrected chi connectivity index (χ2v) is 6.88. The molecule has 0 bridgehead atoms. The van der Waals surface area contributed by atoms with Gasteiger partial charge in [-0.2, -0.15) is 0 Å². The molecule has 1 amide bonds. The molecule has 1 atom stereocenters. The first-order chi connectivity index (χ1) is 13.1. The largest absolute Gasteiger partial charge is 0.338 e. The minimum Gasteiger partial charge on any atom is -0.338 e. The number of likely N-dealkylation sites (tertiary alicyclic amines) is 1. The highest BCUT2D eigenvalue weighted by Gasteiger charge is 2.30. The molecule has 136 valence electrons. The summed E-state index contributed by atoms with van der Waals surface area (Å²) in [5.41, 5.74) is 1.38. The molecular weight excluding hydrogens is 364 g/mol. The number of nitrogens with one attached hydrogen (secondary N) is 1. The summed E-state index contributed by atoms with van der Waals surface area (Å²) in [7, 11) is 0. The van der Waals surface area contributed by atoms with Crippen LogP contribution in [0.2, 0.25) is 5.02 Å². The van der Waals surface area contributed by atoms with Crippen LogP contribution in [0.4, 0.5) is 0 Å². The van der Waals surface area contributed by atoms with Gasteiger partial charge in [0, 0.05) is 48.2 Å². The molecule has 1 saturated heterocycles. The lowest BCUT2D eigenvalue weighted by Crippen LogP contribution is -2.33. The van der Waals surface area contributed by atoms with Crippen LogP contribution in [0.1, 0.15) is 28.3 Å². The molecule has 27 heavy (non-hydrogen) atoms. The van der Waals surface area contributed by atoms with Gasteiger partial charge in [0.25, 0.3) is 11.5 Å². The van der Waals surface area contributed by atoms with Crippen LogP contribution in [0.15, 0.2) is 59.8 Å². The summed E-state index contributed by atoms with van der Waals surface area (Å²) in [5, 5.41) is 0.706. The maximum atomic E-state index is 12.8. The number of aromatic amines is 1. The van der Waals surface area contributed by atoms with Crippen LogP contribution in [0, 0.1) is 0 Å². The zero-order valence-corrected chi connectivity index (χ0v) is 15.2. The molecule has 3 heterocycles. The highest BCUT2D eigenvalue weighted by molar-refractivity contribution is 6.31. The number of halogens is 1. The van der Waals surface area contributed by atoms with Gasteiger partial charge in [-0.05, 0) is 30.2 Å². The first kappa shape index (κ1) is 17.4. The van der Waals surface area contributed by atoms with Crippen molar-refractivity contribution < 1.29 is 4.79 Å². The van der Waals surface area contributed by atoms with Crippen LogP contribution in [0.25, 0.3) is 11.4 Å². The Bertz CT molecular complexity index is 1040. The van der Waals surface area contributed by atoms with Crippen molar-refractivity contribution in [3.05, 3.63) is 81.5 Å². The average molecular weight is 381 g/mol. The second kappa shape index (κ2) is 7.32. The van der Waals surface area contributed by atoms with Crippen molar-refractivity contribution >= 4 is 17.5 Å². The van der Waals surface area contributed by atoms with Gasteiger partial charge in [-0.3, -0.25) is 14.6 Å². The molecule has 6 nitrogen and oxygen atoms in total. The van der Waals surface area contributed by atoms with Crippen molar-refractivity contribution in [2.75, 3.05) is 13.1 Å². The van der Waals surface area contributed by atoms with Gasteiger partial charge >= 0.3 is 0 Å². The first-order valence-corrected chi connectivity index (χ1v) is 9.04. The number of H-pyrrole nitrogens is 1. The zero-order chi connectivity index (χ0) is 18.8. The molecule has 3 aromatic rings. The van der Waals surface area contributed by atoms with Gasteiger partial charge in [0.05, 0.1) is 0 Å². The van der Waals surface area contributed by atoms with Gasteiger partial charge in [-0.25, -0.2) is 4.98 Å². The quantitative estimate of drug-likeness (QED) is 0.757. The number of carbonyl (C=O) groups is 1. The van der Waals surface area contributed by atoms with Gasteiger partial charge in [-0.15, -0.1) is 0 Å². The number of aromatic nitrogens is 3. The van der Waals surface area contributed by atoms with E-state index >= 15 is 0 Å². The predicted molar refractivity (Wildman–Crippen MR) is 103 cm³/mol. The first-order valence-electron chi connectivity index (χ1n) is 8.67. The molecule has 1 aromatic carbocycles. The van der Waals surface area contributed by atoms with E-state index in [0.717, 1.165) is 17.5 Å². The molecule has 1 aliphatic heterocycles. The Labute approximate surface area is 160 Å². The average Bonchev–Trinajstić information content (AvgIpc) is 3.18. The molecule has 1 N–H and O–H groups in total. The zero-order valence-electron chi connectivity index (χ0n) is 14.4. The Hall–Kier alpha value is -2.99. The van der Waals surface area contributed by atoms with E-state index < -0.39 is 5.56 Å². The maximum absolute atomic E-state index is 12.8. The molecule has 0 unspecified atom stereocenters. The van der Waals surface area contributed by atoms with Crippen LogP contribution < -0.4 is 5.56 Å². The van der Waals surface area contributed by atoms with Crippen LogP contribution in [-0.2, 0) is 0 Å². The third-order valence-corrected chi connectivity index (χ3v) is 5.15. The summed E-state index contributed by atoms with van der Waals surface area (Å²) in [4.78, 5) is 37.8. The van der Waals surface area contributed by atoms with Crippen molar-refractivity contribution in [3.8, 4) is 11.4 Å². The maximum Gasteiger partial charge on any atom is 0.264 e. The Morgan fingerprint density at radius 3 is 2.70 bits per heavy atom. The molecule has 0 saturated carbocycles. The van der Waals surface area contributed by atoms with Crippen LogP contribution in [-0.4, -0.2) is 38.8 Å². The summed E-state index contributed by atoms with van der Waals surface area (Å²) in [5.74, 6) is 0.277. The number of nitrogens with zero attached hydrogens (tertiary/aromatic N) is 3. The molecule has 1 fully saturated rings. The summed E-state index contributed by atoms with van der Waals surface area (Å²) >= 11 is 6.28. The molecule has 0 aliphatic carbocycles. The highest BCUT2D eigenvalue weighted by atomic mass is 35.5. The number of pyridine rings is 1. The number of hydrogen-bond acceptors (Lipinski definition) is 4. The van der Waals surface area contributed by atoms with E-state index in [9.17, 15) is 9.59 Å². The van der Waals surface area contributed by atoms with Crippen molar-refractivity contribution in [2.45, 2.75) is 12.3 Å². The number of benzene rings is 1. The van der Waals surface area contributed by atoms with Crippen LogP contribution >= 0.6 is 11.6 Å². The number of rotatable bonds is 3. The summed E-state index contributed by atoms with van der Waals surface area (Å²) < 4.78 is 0. The monoisotopic (exact) mass is 380 g/mol. The van der Waals surface area contributed by atoms with Crippen LogP contribution in [0.5, 0.6) is 0 Å². The van der Waals surface area contributed by atoms with E-state index in [2.05, 4.69) is 15.0 Å². The minimum absolute atomic E-state index is 0.0487. The fourth-order valence-corrected chi connectivity index (χ4v) is 3.67. The van der Waals surface area contributed by atoms with E-state index in [0.29, 0.717) is 23.9 Å². The molecule has 7 heteroatoms. The molecule has 0 spiro atoms. The second-order valence-electron chi connectivity index (χ2n) is 6.47. The Morgan fingerprint density at radius 1 is 1.19 bits per heavy atom. The topological polar surface area (TPSA) is 79.0 Å². The predicted octanol–water partition coefficient (Wildman–Crippen LogP) is 3.12. The van der Waals surface area contributed by atoms with Gasteiger partial charge in [-0.1, -0.05) is 29.8 Å². The lowest BCUT2D eigenvalue weighted by atomic mass is 9.98. The van der Waals surface area contributed by atoms with Gasteiger partial charge < -0.3 is 9.88 Å². The number of amides is 1. The Morgan fingerprint density at radius 2 is 1.96 bits per heavy atom. The van der Waals surface area contributed by atoms with E-state index in [-0.39, 0.29) is 17.4 Å². The van der Waals surface area contributed by atoms with Gasteiger partial charge in [0.2, 0.25) is 0 Å². The van der Waals surface area contributed by atoms with E-state index in [1.165, 1.54) is 6.20 Å². The van der Waals surface area contributed by atoms with Crippen molar-refractivity contribution in [1.29, 1.82) is 0 Å². The van der Waals surface area contributed by atoms with Crippen molar-refractivity contribution in [2.24, 2.45) is 0 Å². The van der Waals surface area contributed by atoms with Crippen molar-refractivity contribution in [3.63, 3.8) is 0 Å². The van der Waals surface area contributed by atoms with E-state index in [1.807, 2.05) is 24.3 Å². The van der Waals surface area contributed by atoms with Gasteiger partial charge in [0.15, 0.2) is 0 Å². The van der Waals surface area contributed by atoms with Gasteiger partial charge in [0.1, 0.15) is 11.4 Å². The Kier molecular flexibility index (Phi) is 4.73. The minimum atomic E-state index is -0.442. The van der Waals surface area contributed by atoms with E-state index in [4.69, 9.17) is 11.6 Å². The highest BCUT2D eigenvalue weighted by Crippen LogP contribution is 2.32. The number of carbonyl (C=O) groups excluding carboxylic acids is 1. The molecular formula is C20H17ClN4O2. The molecule has 1 aliphatic rings. The third kappa shape index (κ3) is 3.48. The SMILES string of the molecule is O=C(c1cnc(-c2ccncc2)[nH]c1=O)N1CC[C@@H](c2ccccc2Cl)C1. The van der Waals surface area contributed by atoms with Crippen LogP contribution in [0.3, 0.4) is 0 Å². The standard InChI is InChI=1S/C20H17ClN4O2/c21-17-4-2-1-3-15(17)14-7-10-25(12-14)20(27)16-11-23-18(24-19(16)26)13-5-8-22-9-6-13/h1-6,8-9,11,14H,7,10,12H2,(H,23,24,26)/t14-/m1/s1. The molecule has 4 rings (SSSR count). The smallest absolute Gasteiger partial charge is 0.264 e. The Balaban J connectivity index is 1.54. The summed E-state index contributed by atoms with van der Waals surface area (Å²) in [6.45, 7) is 1.12. The normalized spacial score (nSPS) is 16.5. The molecule has 2 aromatic heterocycles.